The molecule has 0 aliphatic heterocycles. The molecule has 0 bridgehead atoms. The van der Waals surface area contributed by atoms with Crippen molar-refractivity contribution in [2.75, 3.05) is 5.32 Å². The van der Waals surface area contributed by atoms with Crippen molar-refractivity contribution in [2.45, 2.75) is 13.5 Å². The van der Waals surface area contributed by atoms with Gasteiger partial charge in [0, 0.05) is 11.9 Å². The highest BCUT2D eigenvalue weighted by Crippen LogP contribution is 2.18. The van der Waals surface area contributed by atoms with Crippen molar-refractivity contribution in [3.63, 3.8) is 0 Å². The molecule has 1 aromatic carbocycles. The molecule has 0 fully saturated rings. The maximum absolute atomic E-state index is 11.8. The van der Waals surface area contributed by atoms with Gasteiger partial charge in [0.05, 0.1) is 11.8 Å². The third-order valence-corrected chi connectivity index (χ3v) is 2.62. The van der Waals surface area contributed by atoms with E-state index in [-0.39, 0.29) is 18.0 Å². The van der Waals surface area contributed by atoms with Gasteiger partial charge in [-0.15, -0.1) is 5.10 Å². The van der Waals surface area contributed by atoms with Gasteiger partial charge in [-0.1, -0.05) is 11.3 Å². The number of carbonyl (C=O) groups is 2. The summed E-state index contributed by atoms with van der Waals surface area (Å²) in [5, 5.41) is 18.9. The summed E-state index contributed by atoms with van der Waals surface area (Å²) in [6.07, 6.45) is 3.05. The topological polar surface area (TPSA) is 97.1 Å². The minimum atomic E-state index is -1.02. The van der Waals surface area contributed by atoms with Crippen molar-refractivity contribution in [1.29, 1.82) is 0 Å². The number of aromatic carboxylic acids is 1. The molecule has 1 amide bonds. The number of nitrogens with one attached hydrogen (secondary N) is 1. The molecule has 0 aliphatic carbocycles. The lowest BCUT2D eigenvalue weighted by Crippen LogP contribution is -2.20. The lowest BCUT2D eigenvalue weighted by Gasteiger charge is -2.10. The number of hydrogen-bond acceptors (Lipinski definition) is 4. The summed E-state index contributed by atoms with van der Waals surface area (Å²) >= 11 is 0. The predicted molar refractivity (Wildman–Crippen MR) is 66.8 cm³/mol. The fourth-order valence-corrected chi connectivity index (χ4v) is 1.66. The first-order chi connectivity index (χ1) is 9.08. The molecule has 0 unspecified atom stereocenters. The van der Waals surface area contributed by atoms with Gasteiger partial charge in [-0.25, -0.2) is 9.48 Å². The molecule has 2 N–H and O–H groups in total. The van der Waals surface area contributed by atoms with Crippen LogP contribution in [-0.2, 0) is 11.3 Å². The molecule has 7 nitrogen and oxygen atoms in total. The Kier molecular flexibility index (Phi) is 3.56. The Labute approximate surface area is 108 Å². The molecule has 19 heavy (non-hydrogen) atoms. The SMILES string of the molecule is Cc1c(NC(=O)Cn2ccnn2)cccc1C(=O)O. The molecule has 1 aromatic heterocycles. The van der Waals surface area contributed by atoms with E-state index in [2.05, 4.69) is 15.6 Å². The Morgan fingerprint density at radius 1 is 1.42 bits per heavy atom. The van der Waals surface area contributed by atoms with Gasteiger partial charge in [0.2, 0.25) is 5.91 Å². The molecule has 98 valence electrons. The van der Waals surface area contributed by atoms with Crippen LogP contribution in [0.25, 0.3) is 0 Å². The number of hydrogen-bond donors (Lipinski definition) is 2. The monoisotopic (exact) mass is 260 g/mol. The van der Waals surface area contributed by atoms with Gasteiger partial charge < -0.3 is 10.4 Å². The number of nitrogens with zero attached hydrogens (tertiary/aromatic N) is 3. The van der Waals surface area contributed by atoms with Gasteiger partial charge in [-0.2, -0.15) is 0 Å². The highest BCUT2D eigenvalue weighted by atomic mass is 16.4. The summed E-state index contributed by atoms with van der Waals surface area (Å²) in [5.74, 6) is -1.32. The van der Waals surface area contributed by atoms with Crippen LogP contribution in [0.1, 0.15) is 15.9 Å². The van der Waals surface area contributed by atoms with Crippen LogP contribution in [0.5, 0.6) is 0 Å². The van der Waals surface area contributed by atoms with Gasteiger partial charge in [0.15, 0.2) is 0 Å². The number of amides is 1. The number of carboxylic acids is 1. The van der Waals surface area contributed by atoms with Crippen molar-refractivity contribution < 1.29 is 14.7 Å². The van der Waals surface area contributed by atoms with E-state index in [9.17, 15) is 9.59 Å². The van der Waals surface area contributed by atoms with Crippen LogP contribution in [0.15, 0.2) is 30.6 Å². The number of rotatable bonds is 4. The van der Waals surface area contributed by atoms with E-state index in [4.69, 9.17) is 5.11 Å². The lowest BCUT2D eigenvalue weighted by atomic mass is 10.1. The fourth-order valence-electron chi connectivity index (χ4n) is 1.66. The highest BCUT2D eigenvalue weighted by molar-refractivity contribution is 5.95. The Bertz CT molecular complexity index is 607. The van der Waals surface area contributed by atoms with Crippen LogP contribution in [0.2, 0.25) is 0 Å². The van der Waals surface area contributed by atoms with Crippen LogP contribution in [0, 0.1) is 6.92 Å². The largest absolute Gasteiger partial charge is 0.478 e. The second-order valence-electron chi connectivity index (χ2n) is 3.93. The Morgan fingerprint density at radius 3 is 2.84 bits per heavy atom. The summed E-state index contributed by atoms with van der Waals surface area (Å²) in [6, 6.07) is 4.73. The van der Waals surface area contributed by atoms with Gasteiger partial charge in [-0.05, 0) is 24.6 Å². The second-order valence-corrected chi connectivity index (χ2v) is 3.93. The molecule has 0 aliphatic rings. The molecule has 0 saturated carbocycles. The molecule has 2 aromatic rings. The van der Waals surface area contributed by atoms with Crippen molar-refractivity contribution in [3.8, 4) is 0 Å². The smallest absolute Gasteiger partial charge is 0.336 e. The second kappa shape index (κ2) is 5.30. The number of carboxylic acid groups (broad SMARTS) is 1. The van der Waals surface area contributed by atoms with E-state index in [0.29, 0.717) is 11.3 Å². The van der Waals surface area contributed by atoms with Crippen LogP contribution < -0.4 is 5.32 Å². The zero-order valence-electron chi connectivity index (χ0n) is 10.2. The van der Waals surface area contributed by atoms with Crippen molar-refractivity contribution in [3.05, 3.63) is 41.7 Å². The summed E-state index contributed by atoms with van der Waals surface area (Å²) in [6.45, 7) is 1.67. The lowest BCUT2D eigenvalue weighted by molar-refractivity contribution is -0.116. The molecular weight excluding hydrogens is 248 g/mol. The normalized spacial score (nSPS) is 10.2. The molecule has 0 saturated heterocycles. The Balaban J connectivity index is 2.13. The first kappa shape index (κ1) is 12.7. The molecule has 0 spiro atoms. The van der Waals surface area contributed by atoms with Crippen molar-refractivity contribution in [1.82, 2.24) is 15.0 Å². The van der Waals surface area contributed by atoms with Crippen LogP contribution in [0.4, 0.5) is 5.69 Å². The summed E-state index contributed by atoms with van der Waals surface area (Å²) in [7, 11) is 0. The average Bonchev–Trinajstić information content (AvgIpc) is 2.84. The standard InChI is InChI=1S/C12H12N4O3/c1-8-9(12(18)19)3-2-4-10(8)14-11(17)7-16-6-5-13-15-16/h2-6H,7H2,1H3,(H,14,17)(H,18,19). The predicted octanol–water partition coefficient (Wildman–Crippen LogP) is 0.923. The van der Waals surface area contributed by atoms with Gasteiger partial charge >= 0.3 is 5.97 Å². The van der Waals surface area contributed by atoms with Gasteiger partial charge in [0.1, 0.15) is 6.54 Å². The van der Waals surface area contributed by atoms with Crippen molar-refractivity contribution >= 4 is 17.6 Å². The minimum Gasteiger partial charge on any atom is -0.478 e. The molecule has 0 atom stereocenters. The summed E-state index contributed by atoms with van der Waals surface area (Å²) < 4.78 is 1.38. The first-order valence-corrected chi connectivity index (χ1v) is 5.55. The van der Waals surface area contributed by atoms with Crippen LogP contribution >= 0.6 is 0 Å². The van der Waals surface area contributed by atoms with Crippen LogP contribution in [0.3, 0.4) is 0 Å². The number of anilines is 1. The first-order valence-electron chi connectivity index (χ1n) is 5.55. The van der Waals surface area contributed by atoms with E-state index in [0.717, 1.165) is 0 Å². The van der Waals surface area contributed by atoms with E-state index >= 15 is 0 Å². The summed E-state index contributed by atoms with van der Waals surface area (Å²) in [4.78, 5) is 22.7. The van der Waals surface area contributed by atoms with Crippen molar-refractivity contribution in [2.24, 2.45) is 0 Å². The zero-order chi connectivity index (χ0) is 13.8. The van der Waals surface area contributed by atoms with E-state index in [1.54, 1.807) is 25.3 Å². The van der Waals surface area contributed by atoms with E-state index < -0.39 is 5.97 Å². The third-order valence-electron chi connectivity index (χ3n) is 2.62. The molecular formula is C12H12N4O3. The number of carbonyl (C=O) groups excluding carboxylic acids is 1. The van der Waals surface area contributed by atoms with Crippen LogP contribution in [-0.4, -0.2) is 32.0 Å². The van der Waals surface area contributed by atoms with E-state index in [1.807, 2.05) is 0 Å². The highest BCUT2D eigenvalue weighted by Gasteiger charge is 2.12. The van der Waals surface area contributed by atoms with Gasteiger partial charge in [-0.3, -0.25) is 4.79 Å². The average molecular weight is 260 g/mol. The van der Waals surface area contributed by atoms with E-state index in [1.165, 1.54) is 16.9 Å². The third kappa shape index (κ3) is 2.95. The molecule has 1 heterocycles. The zero-order valence-corrected chi connectivity index (χ0v) is 10.2. The molecule has 0 radical (unpaired) electrons. The minimum absolute atomic E-state index is 0.0245. The molecule has 7 heteroatoms. The van der Waals surface area contributed by atoms with Gasteiger partial charge in [0.25, 0.3) is 0 Å². The fraction of sp³-hybridized carbons (Fsp3) is 0.167. The Morgan fingerprint density at radius 2 is 2.21 bits per heavy atom. The maximum atomic E-state index is 11.8. The number of benzene rings is 1. The number of aromatic nitrogens is 3. The Hall–Kier alpha value is -2.70. The maximum Gasteiger partial charge on any atom is 0.336 e. The molecule has 2 rings (SSSR count). The quantitative estimate of drug-likeness (QED) is 0.852. The summed E-state index contributed by atoms with van der Waals surface area (Å²) in [5.41, 5.74) is 1.16.